The van der Waals surface area contributed by atoms with E-state index in [1.54, 1.807) is 25.5 Å². The summed E-state index contributed by atoms with van der Waals surface area (Å²) in [5.41, 5.74) is 11.0. The zero-order valence-electron chi connectivity index (χ0n) is 22.1. The Labute approximate surface area is 218 Å². The molecule has 1 amide bonds. The number of hydrogen-bond acceptors (Lipinski definition) is 5. The number of nitrogens with zero attached hydrogens (tertiary/aromatic N) is 3. The van der Waals surface area contributed by atoms with Crippen LogP contribution in [-0.2, 0) is 12.0 Å². The average Bonchev–Trinajstić information content (AvgIpc) is 3.25. The lowest BCUT2D eigenvalue weighted by molar-refractivity contribution is 0.0709. The largest absolute Gasteiger partial charge is 0.389 e. The van der Waals surface area contributed by atoms with E-state index in [-0.39, 0.29) is 11.4 Å². The van der Waals surface area contributed by atoms with Crippen LogP contribution in [0.25, 0.3) is 16.8 Å². The highest BCUT2D eigenvalue weighted by atomic mass is 16.3. The number of nitrogens with one attached hydrogen (secondary N) is 1. The number of carbonyl (C=O) groups excluding carboxylic acids is 1. The Morgan fingerprint density at radius 3 is 1.89 bits per heavy atom. The second-order valence-electron chi connectivity index (χ2n) is 10.7. The first-order valence-electron chi connectivity index (χ1n) is 12.4. The van der Waals surface area contributed by atoms with Gasteiger partial charge in [0.2, 0.25) is 5.82 Å². The van der Waals surface area contributed by atoms with Crippen LogP contribution < -0.4 is 11.1 Å². The van der Waals surface area contributed by atoms with Crippen LogP contribution in [0.1, 0.15) is 60.8 Å². The molecule has 4 N–H and O–H groups in total. The minimum Gasteiger partial charge on any atom is -0.389 e. The molecule has 192 valence electrons. The van der Waals surface area contributed by atoms with Gasteiger partial charge in [0.25, 0.3) is 5.91 Å². The smallest absolute Gasteiger partial charge is 0.288 e. The van der Waals surface area contributed by atoms with E-state index in [1.807, 2.05) is 12.1 Å². The number of primary amides is 1. The quantitative estimate of drug-likeness (QED) is 0.315. The van der Waals surface area contributed by atoms with Crippen molar-refractivity contribution < 1.29 is 9.90 Å². The lowest BCUT2D eigenvalue weighted by Crippen LogP contribution is -2.44. The van der Waals surface area contributed by atoms with Crippen LogP contribution in [0.2, 0.25) is 0 Å². The van der Waals surface area contributed by atoms with Gasteiger partial charge in [-0.2, -0.15) is 0 Å². The monoisotopic (exact) mass is 497 g/mol. The molecule has 0 saturated carbocycles. The molecule has 0 atom stereocenters. The molecule has 4 aromatic rings. The molecule has 0 aliphatic rings. The Morgan fingerprint density at radius 1 is 0.892 bits per heavy atom. The molecule has 0 unspecified atom stereocenters. The number of benzene rings is 3. The predicted molar refractivity (Wildman–Crippen MR) is 147 cm³/mol. The van der Waals surface area contributed by atoms with Gasteiger partial charge in [0.05, 0.1) is 11.3 Å². The molecule has 0 fully saturated rings. The molecule has 0 aliphatic carbocycles. The van der Waals surface area contributed by atoms with E-state index in [4.69, 9.17) is 5.73 Å². The summed E-state index contributed by atoms with van der Waals surface area (Å²) in [6, 6.07) is 25.3. The van der Waals surface area contributed by atoms with E-state index in [2.05, 4.69) is 89.9 Å². The average molecular weight is 498 g/mol. The Balaban J connectivity index is 1.41. The molecule has 0 spiro atoms. The van der Waals surface area contributed by atoms with Crippen LogP contribution in [-0.4, -0.2) is 37.9 Å². The van der Waals surface area contributed by atoms with Gasteiger partial charge in [-0.05, 0) is 81.0 Å². The van der Waals surface area contributed by atoms with Gasteiger partial charge < -0.3 is 16.2 Å². The molecule has 1 aromatic heterocycles. The van der Waals surface area contributed by atoms with Gasteiger partial charge in [0.1, 0.15) is 5.82 Å². The minimum atomic E-state index is -0.756. The molecular weight excluding hydrogens is 462 g/mol. The van der Waals surface area contributed by atoms with Crippen molar-refractivity contribution in [1.29, 1.82) is 0 Å². The molecule has 3 aromatic carbocycles. The highest BCUT2D eigenvalue weighted by molar-refractivity contribution is 5.88. The topological polar surface area (TPSA) is 106 Å². The molecule has 0 bridgehead atoms. The molecule has 4 rings (SSSR count). The van der Waals surface area contributed by atoms with Crippen molar-refractivity contribution in [2.75, 3.05) is 6.54 Å². The summed E-state index contributed by atoms with van der Waals surface area (Å²) >= 11 is 0. The maximum Gasteiger partial charge on any atom is 0.288 e. The fourth-order valence-electron chi connectivity index (χ4n) is 4.16. The molecule has 37 heavy (non-hydrogen) atoms. The summed E-state index contributed by atoms with van der Waals surface area (Å²) in [6.45, 7) is 10.2. The Bertz CT molecular complexity index is 1360. The fourth-order valence-corrected chi connectivity index (χ4v) is 4.16. The van der Waals surface area contributed by atoms with Crippen molar-refractivity contribution in [3.8, 4) is 16.8 Å². The zero-order valence-corrected chi connectivity index (χ0v) is 22.1. The summed E-state index contributed by atoms with van der Waals surface area (Å²) in [7, 11) is 0. The molecule has 0 radical (unpaired) electrons. The first-order valence-corrected chi connectivity index (χ1v) is 12.4. The van der Waals surface area contributed by atoms with Crippen molar-refractivity contribution in [1.82, 2.24) is 20.1 Å². The van der Waals surface area contributed by atoms with Crippen molar-refractivity contribution in [3.05, 3.63) is 101 Å². The molecule has 7 heteroatoms. The second kappa shape index (κ2) is 10.3. The van der Waals surface area contributed by atoms with E-state index in [0.29, 0.717) is 12.4 Å². The normalized spacial score (nSPS) is 12.1. The molecule has 7 nitrogen and oxygen atoms in total. The number of hydrogen-bond donors (Lipinski definition) is 3. The maximum absolute atomic E-state index is 11.4. The fraction of sp³-hybridized carbons (Fsp3) is 0.300. The summed E-state index contributed by atoms with van der Waals surface area (Å²) in [5.74, 6) is -0.0117. The van der Waals surface area contributed by atoms with E-state index in [1.165, 1.54) is 22.3 Å². The first-order chi connectivity index (χ1) is 17.4. The van der Waals surface area contributed by atoms with E-state index < -0.39 is 11.5 Å². The third-order valence-electron chi connectivity index (χ3n) is 6.44. The number of nitrogens with two attached hydrogens (primary N) is 1. The van der Waals surface area contributed by atoms with Crippen molar-refractivity contribution in [3.63, 3.8) is 0 Å². The predicted octanol–water partition coefficient (Wildman–Crippen LogP) is 4.53. The number of carbonyl (C=O) groups is 1. The Hall–Kier alpha value is -3.81. The zero-order chi connectivity index (χ0) is 26.8. The lowest BCUT2D eigenvalue weighted by Gasteiger charge is -2.31. The van der Waals surface area contributed by atoms with Crippen molar-refractivity contribution >= 4 is 5.91 Å². The maximum atomic E-state index is 11.4. The molecular formula is C30H35N5O2. The lowest BCUT2D eigenvalue weighted by atomic mass is 9.91. The summed E-state index contributed by atoms with van der Waals surface area (Å²) in [4.78, 5) is 15.5. The highest BCUT2D eigenvalue weighted by Gasteiger charge is 2.23. The third kappa shape index (κ3) is 6.50. The van der Waals surface area contributed by atoms with Gasteiger partial charge in [-0.15, -0.1) is 5.10 Å². The standard InChI is InChI=1S/C30H35N5O2/c1-20-33-28(27(31)36)34-35(20)26-16-8-22(9-17-26)18-21-6-10-23(11-7-21)24-12-14-25(15-13-24)30(4,5)32-19-29(2,3)37/h6-17,32,37H,18-19H2,1-5H3,(H2,31,36). The van der Waals surface area contributed by atoms with Gasteiger partial charge in [0, 0.05) is 12.1 Å². The Morgan fingerprint density at radius 2 is 1.41 bits per heavy atom. The summed E-state index contributed by atoms with van der Waals surface area (Å²) in [5, 5.41) is 17.7. The van der Waals surface area contributed by atoms with Crippen LogP contribution in [0, 0.1) is 6.92 Å². The highest BCUT2D eigenvalue weighted by Crippen LogP contribution is 2.26. The summed E-state index contributed by atoms with van der Waals surface area (Å²) < 4.78 is 1.62. The number of rotatable bonds is 9. The number of aliphatic hydroxyl groups is 1. The number of aryl methyl sites for hydroxylation is 1. The van der Waals surface area contributed by atoms with Crippen LogP contribution >= 0.6 is 0 Å². The molecule has 1 heterocycles. The van der Waals surface area contributed by atoms with Crippen molar-refractivity contribution in [2.24, 2.45) is 5.73 Å². The SMILES string of the molecule is Cc1nc(C(N)=O)nn1-c1ccc(Cc2ccc(-c3ccc(C(C)(C)NCC(C)(C)O)cc3)cc2)cc1. The Kier molecular flexibility index (Phi) is 7.30. The van der Waals surface area contributed by atoms with Gasteiger partial charge in [0.15, 0.2) is 0 Å². The van der Waals surface area contributed by atoms with Gasteiger partial charge >= 0.3 is 0 Å². The third-order valence-corrected chi connectivity index (χ3v) is 6.44. The van der Waals surface area contributed by atoms with E-state index in [0.717, 1.165) is 17.7 Å². The van der Waals surface area contributed by atoms with Crippen molar-refractivity contribution in [2.45, 2.75) is 52.2 Å². The van der Waals surface area contributed by atoms with Gasteiger partial charge in [-0.25, -0.2) is 9.67 Å². The van der Waals surface area contributed by atoms with E-state index in [9.17, 15) is 9.90 Å². The van der Waals surface area contributed by atoms with Gasteiger partial charge in [-0.1, -0.05) is 60.7 Å². The summed E-state index contributed by atoms with van der Waals surface area (Å²) in [6.07, 6.45) is 0.809. The molecule has 0 aliphatic heterocycles. The second-order valence-corrected chi connectivity index (χ2v) is 10.7. The van der Waals surface area contributed by atoms with Gasteiger partial charge in [-0.3, -0.25) is 4.79 Å². The minimum absolute atomic E-state index is 0.0161. The van der Waals surface area contributed by atoms with Crippen LogP contribution in [0.5, 0.6) is 0 Å². The number of aromatic nitrogens is 3. The number of amides is 1. The van der Waals surface area contributed by atoms with Crippen LogP contribution in [0.4, 0.5) is 0 Å². The van der Waals surface area contributed by atoms with E-state index >= 15 is 0 Å². The first kappa shape index (κ1) is 26.3. The molecule has 0 saturated heterocycles. The van der Waals surface area contributed by atoms with Crippen LogP contribution in [0.3, 0.4) is 0 Å². The van der Waals surface area contributed by atoms with Crippen LogP contribution in [0.15, 0.2) is 72.8 Å².